The number of hydrogen-bond donors (Lipinski definition) is 1. The van der Waals surface area contributed by atoms with E-state index in [-0.39, 0.29) is 0 Å². The summed E-state index contributed by atoms with van der Waals surface area (Å²) >= 11 is 12.0. The molecule has 2 aromatic rings. The smallest absolute Gasteiger partial charge is 0.145 e. The van der Waals surface area contributed by atoms with Crippen molar-refractivity contribution < 1.29 is 0 Å². The number of rotatable bonds is 3. The van der Waals surface area contributed by atoms with E-state index in [0.29, 0.717) is 21.9 Å². The van der Waals surface area contributed by atoms with Gasteiger partial charge in [-0.2, -0.15) is 5.10 Å². The molecule has 0 atom stereocenters. The molecule has 0 amide bonds. The Kier molecular flexibility index (Phi) is 4.38. The van der Waals surface area contributed by atoms with Crippen LogP contribution in [0.5, 0.6) is 0 Å². The SMILES string of the molecule is Nc1ccn(C2CCN(Cc3ccc(Cl)c(Cl)c3)CC2)n1. The minimum absolute atomic E-state index is 0.451. The number of anilines is 1. The number of nitrogens with two attached hydrogens (primary N) is 1. The van der Waals surface area contributed by atoms with Crippen LogP contribution in [0.4, 0.5) is 5.82 Å². The van der Waals surface area contributed by atoms with Gasteiger partial charge in [0, 0.05) is 25.8 Å². The number of aromatic nitrogens is 2. The fourth-order valence-corrected chi connectivity index (χ4v) is 3.11. The van der Waals surface area contributed by atoms with Gasteiger partial charge in [-0.1, -0.05) is 29.3 Å². The number of nitrogens with zero attached hydrogens (tertiary/aromatic N) is 3. The summed E-state index contributed by atoms with van der Waals surface area (Å²) in [5, 5.41) is 5.54. The van der Waals surface area contributed by atoms with Gasteiger partial charge in [-0.15, -0.1) is 0 Å². The average molecular weight is 325 g/mol. The van der Waals surface area contributed by atoms with E-state index < -0.39 is 0 Å². The molecule has 3 rings (SSSR count). The van der Waals surface area contributed by atoms with Gasteiger partial charge in [0.05, 0.1) is 16.1 Å². The lowest BCUT2D eigenvalue weighted by atomic mass is 10.0. The maximum Gasteiger partial charge on any atom is 0.145 e. The van der Waals surface area contributed by atoms with Crippen LogP contribution in [0.25, 0.3) is 0 Å². The van der Waals surface area contributed by atoms with Crippen LogP contribution >= 0.6 is 23.2 Å². The summed E-state index contributed by atoms with van der Waals surface area (Å²) in [6.07, 6.45) is 4.14. The largest absolute Gasteiger partial charge is 0.382 e. The van der Waals surface area contributed by atoms with Gasteiger partial charge >= 0.3 is 0 Å². The predicted octanol–water partition coefficient (Wildman–Crippen LogP) is 3.61. The van der Waals surface area contributed by atoms with E-state index >= 15 is 0 Å². The van der Waals surface area contributed by atoms with Gasteiger partial charge in [-0.25, -0.2) is 0 Å². The summed E-state index contributed by atoms with van der Waals surface area (Å²) in [5.41, 5.74) is 6.88. The Bertz CT molecular complexity index is 618. The Morgan fingerprint density at radius 3 is 2.52 bits per heavy atom. The third-order valence-electron chi connectivity index (χ3n) is 3.95. The first-order chi connectivity index (χ1) is 10.1. The Morgan fingerprint density at radius 1 is 1.14 bits per heavy atom. The molecule has 1 fully saturated rings. The number of nitrogen functional groups attached to an aromatic ring is 1. The molecule has 2 heterocycles. The third kappa shape index (κ3) is 3.51. The quantitative estimate of drug-likeness (QED) is 0.938. The van der Waals surface area contributed by atoms with E-state index in [9.17, 15) is 0 Å². The number of halogens is 2. The van der Waals surface area contributed by atoms with E-state index in [1.807, 2.05) is 35.1 Å². The number of benzene rings is 1. The van der Waals surface area contributed by atoms with Crippen LogP contribution < -0.4 is 5.73 Å². The molecule has 1 saturated heterocycles. The highest BCUT2D eigenvalue weighted by molar-refractivity contribution is 6.42. The fraction of sp³-hybridized carbons (Fsp3) is 0.400. The molecule has 0 unspecified atom stereocenters. The topological polar surface area (TPSA) is 47.1 Å². The lowest BCUT2D eigenvalue weighted by molar-refractivity contribution is 0.173. The van der Waals surface area contributed by atoms with Crippen molar-refractivity contribution in [2.75, 3.05) is 18.8 Å². The molecule has 1 aliphatic heterocycles. The molecular weight excluding hydrogens is 307 g/mol. The van der Waals surface area contributed by atoms with E-state index in [1.54, 1.807) is 0 Å². The van der Waals surface area contributed by atoms with Crippen LogP contribution in [0.15, 0.2) is 30.5 Å². The summed E-state index contributed by atoms with van der Waals surface area (Å²) in [5.74, 6) is 0.591. The molecule has 6 heteroatoms. The minimum atomic E-state index is 0.451. The van der Waals surface area contributed by atoms with Crippen molar-refractivity contribution in [1.82, 2.24) is 14.7 Å². The van der Waals surface area contributed by atoms with Gasteiger partial charge in [0.2, 0.25) is 0 Å². The van der Waals surface area contributed by atoms with Crippen LogP contribution in [0.2, 0.25) is 10.0 Å². The van der Waals surface area contributed by atoms with Gasteiger partial charge in [0.15, 0.2) is 0 Å². The van der Waals surface area contributed by atoms with E-state index in [0.717, 1.165) is 32.5 Å². The van der Waals surface area contributed by atoms with Crippen LogP contribution in [0.3, 0.4) is 0 Å². The second-order valence-corrected chi connectivity index (χ2v) is 6.29. The first-order valence-electron chi connectivity index (χ1n) is 7.09. The minimum Gasteiger partial charge on any atom is -0.382 e. The number of hydrogen-bond acceptors (Lipinski definition) is 3. The van der Waals surface area contributed by atoms with Crippen LogP contribution in [-0.4, -0.2) is 27.8 Å². The normalized spacial score (nSPS) is 17.2. The Hall–Kier alpha value is -1.23. The van der Waals surface area contributed by atoms with Crippen molar-refractivity contribution in [2.45, 2.75) is 25.4 Å². The molecule has 1 aromatic carbocycles. The lowest BCUT2D eigenvalue weighted by Crippen LogP contribution is -2.34. The van der Waals surface area contributed by atoms with E-state index in [1.165, 1.54) is 5.56 Å². The van der Waals surface area contributed by atoms with Gasteiger partial charge in [0.25, 0.3) is 0 Å². The summed E-state index contributed by atoms with van der Waals surface area (Å²) in [6, 6.07) is 8.14. The monoisotopic (exact) mass is 324 g/mol. The van der Waals surface area contributed by atoms with E-state index in [4.69, 9.17) is 28.9 Å². The van der Waals surface area contributed by atoms with Gasteiger partial charge in [0.1, 0.15) is 5.82 Å². The third-order valence-corrected chi connectivity index (χ3v) is 4.69. The van der Waals surface area contributed by atoms with Gasteiger partial charge < -0.3 is 5.73 Å². The van der Waals surface area contributed by atoms with Crippen molar-refractivity contribution >= 4 is 29.0 Å². The zero-order valence-corrected chi connectivity index (χ0v) is 13.2. The van der Waals surface area contributed by atoms with Gasteiger partial charge in [-0.05, 0) is 36.6 Å². The Morgan fingerprint density at radius 2 is 1.90 bits per heavy atom. The molecule has 1 aliphatic rings. The Balaban J connectivity index is 1.57. The fourth-order valence-electron chi connectivity index (χ4n) is 2.79. The summed E-state index contributed by atoms with van der Waals surface area (Å²) in [7, 11) is 0. The Labute approximate surface area is 134 Å². The number of piperidine rings is 1. The summed E-state index contributed by atoms with van der Waals surface area (Å²) < 4.78 is 1.99. The maximum absolute atomic E-state index is 6.06. The van der Waals surface area contributed by atoms with Crippen LogP contribution in [0.1, 0.15) is 24.4 Å². The second kappa shape index (κ2) is 6.26. The predicted molar refractivity (Wildman–Crippen MR) is 86.6 cm³/mol. The van der Waals surface area contributed by atoms with Crippen molar-refractivity contribution in [2.24, 2.45) is 0 Å². The molecule has 0 aliphatic carbocycles. The average Bonchev–Trinajstić information content (AvgIpc) is 2.90. The van der Waals surface area contributed by atoms with Crippen molar-refractivity contribution in [3.05, 3.63) is 46.1 Å². The van der Waals surface area contributed by atoms with Crippen molar-refractivity contribution in [1.29, 1.82) is 0 Å². The van der Waals surface area contributed by atoms with Gasteiger partial charge in [-0.3, -0.25) is 9.58 Å². The zero-order chi connectivity index (χ0) is 14.8. The zero-order valence-electron chi connectivity index (χ0n) is 11.7. The van der Waals surface area contributed by atoms with Crippen LogP contribution in [0, 0.1) is 0 Å². The first-order valence-corrected chi connectivity index (χ1v) is 7.84. The van der Waals surface area contributed by atoms with Crippen LogP contribution in [-0.2, 0) is 6.54 Å². The molecule has 1 aromatic heterocycles. The molecular formula is C15H18Cl2N4. The van der Waals surface area contributed by atoms with E-state index in [2.05, 4.69) is 10.00 Å². The number of likely N-dealkylation sites (tertiary alicyclic amines) is 1. The van der Waals surface area contributed by atoms with Crippen molar-refractivity contribution in [3.63, 3.8) is 0 Å². The molecule has 4 nitrogen and oxygen atoms in total. The highest BCUT2D eigenvalue weighted by Crippen LogP contribution is 2.26. The molecule has 0 bridgehead atoms. The lowest BCUT2D eigenvalue weighted by Gasteiger charge is -2.32. The first kappa shape index (κ1) is 14.7. The standard InChI is InChI=1S/C15H18Cl2N4/c16-13-2-1-11(9-14(13)17)10-20-6-3-12(4-7-20)21-8-5-15(18)19-21/h1-2,5,8-9,12H,3-4,6-7,10H2,(H2,18,19). The molecule has 112 valence electrons. The highest BCUT2D eigenvalue weighted by atomic mass is 35.5. The molecule has 2 N–H and O–H groups in total. The molecule has 0 radical (unpaired) electrons. The summed E-state index contributed by atoms with van der Waals surface area (Å²) in [6.45, 7) is 3.00. The van der Waals surface area contributed by atoms with Crippen molar-refractivity contribution in [3.8, 4) is 0 Å². The maximum atomic E-state index is 6.06. The molecule has 21 heavy (non-hydrogen) atoms. The molecule has 0 saturated carbocycles. The molecule has 0 spiro atoms. The highest BCUT2D eigenvalue weighted by Gasteiger charge is 2.21. The second-order valence-electron chi connectivity index (χ2n) is 5.48. The summed E-state index contributed by atoms with van der Waals surface area (Å²) in [4.78, 5) is 2.43.